The van der Waals surface area contributed by atoms with Gasteiger partial charge in [-0.2, -0.15) is 0 Å². The van der Waals surface area contributed by atoms with Gasteiger partial charge in [0.15, 0.2) is 0 Å². The molecule has 3 heteroatoms. The monoisotopic (exact) mass is 260 g/mol. The Labute approximate surface area is 116 Å². The average molecular weight is 260 g/mol. The molecule has 0 unspecified atom stereocenters. The average Bonchev–Trinajstić information content (AvgIpc) is 2.29. The first-order chi connectivity index (χ1) is 9.00. The van der Waals surface area contributed by atoms with Crippen molar-refractivity contribution in [3.63, 3.8) is 0 Å². The number of carbonyl (C=O) groups excluding carboxylic acids is 1. The van der Waals surface area contributed by atoms with Crippen molar-refractivity contribution in [3.05, 3.63) is 29.3 Å². The Hall–Kier alpha value is -1.51. The van der Waals surface area contributed by atoms with Gasteiger partial charge in [-0.3, -0.25) is 4.79 Å². The van der Waals surface area contributed by atoms with Crippen LogP contribution in [0.25, 0.3) is 0 Å². The van der Waals surface area contributed by atoms with E-state index >= 15 is 0 Å². The minimum atomic E-state index is 0.171. The number of anilines is 1. The molecule has 1 fully saturated rings. The van der Waals surface area contributed by atoms with Crippen molar-refractivity contribution in [2.75, 3.05) is 18.4 Å². The van der Waals surface area contributed by atoms with E-state index in [0.717, 1.165) is 36.3 Å². The van der Waals surface area contributed by atoms with Crippen LogP contribution >= 0.6 is 0 Å². The molecule has 0 saturated carbocycles. The molecular formula is C16H24N2O. The van der Waals surface area contributed by atoms with Gasteiger partial charge in [0.25, 0.3) is 5.91 Å². The number of benzene rings is 1. The van der Waals surface area contributed by atoms with Crippen LogP contribution in [-0.4, -0.2) is 29.9 Å². The molecule has 1 heterocycles. The fourth-order valence-electron chi connectivity index (χ4n) is 2.13. The van der Waals surface area contributed by atoms with E-state index in [0.29, 0.717) is 12.0 Å². The molecule has 1 aromatic rings. The predicted octanol–water partition coefficient (Wildman–Crippen LogP) is 3.30. The lowest BCUT2D eigenvalue weighted by atomic mass is 10.0. The number of nitrogens with one attached hydrogen (secondary N) is 1. The van der Waals surface area contributed by atoms with Crippen LogP contribution in [-0.2, 0) is 0 Å². The highest BCUT2D eigenvalue weighted by atomic mass is 16.2. The van der Waals surface area contributed by atoms with Gasteiger partial charge in [0.1, 0.15) is 0 Å². The van der Waals surface area contributed by atoms with Gasteiger partial charge >= 0.3 is 0 Å². The highest BCUT2D eigenvalue weighted by Crippen LogP contribution is 2.23. The molecule has 3 nitrogen and oxygen atoms in total. The number of rotatable bonds is 4. The van der Waals surface area contributed by atoms with Gasteiger partial charge in [0.2, 0.25) is 0 Å². The third-order valence-corrected chi connectivity index (χ3v) is 4.09. The predicted molar refractivity (Wildman–Crippen MR) is 79.6 cm³/mol. The molecule has 104 valence electrons. The molecular weight excluding hydrogens is 236 g/mol. The van der Waals surface area contributed by atoms with E-state index in [1.54, 1.807) is 0 Å². The van der Waals surface area contributed by atoms with E-state index in [1.807, 2.05) is 24.0 Å². The Morgan fingerprint density at radius 3 is 2.47 bits per heavy atom. The molecule has 19 heavy (non-hydrogen) atoms. The fraction of sp³-hybridized carbons (Fsp3) is 0.562. The Morgan fingerprint density at radius 2 is 1.95 bits per heavy atom. The van der Waals surface area contributed by atoms with Crippen LogP contribution in [0.4, 0.5) is 5.69 Å². The summed E-state index contributed by atoms with van der Waals surface area (Å²) in [6.07, 6.45) is 1.13. The third-order valence-electron chi connectivity index (χ3n) is 4.09. The van der Waals surface area contributed by atoms with Crippen molar-refractivity contribution >= 4 is 11.6 Å². The fourth-order valence-corrected chi connectivity index (χ4v) is 2.13. The molecule has 1 amide bonds. The van der Waals surface area contributed by atoms with E-state index in [-0.39, 0.29) is 5.91 Å². The SMILES string of the molecule is Cc1c(N[C@H](C)C(C)C)cccc1C(=O)N1CCC1. The lowest BCUT2D eigenvalue weighted by Gasteiger charge is -2.31. The Morgan fingerprint density at radius 1 is 1.26 bits per heavy atom. The first kappa shape index (κ1) is 13.9. The van der Waals surface area contributed by atoms with E-state index < -0.39 is 0 Å². The highest BCUT2D eigenvalue weighted by Gasteiger charge is 2.23. The maximum absolute atomic E-state index is 12.3. The van der Waals surface area contributed by atoms with Gasteiger partial charge in [-0.1, -0.05) is 19.9 Å². The maximum atomic E-state index is 12.3. The van der Waals surface area contributed by atoms with Crippen molar-refractivity contribution in [1.82, 2.24) is 4.90 Å². The summed E-state index contributed by atoms with van der Waals surface area (Å²) < 4.78 is 0. The van der Waals surface area contributed by atoms with Crippen molar-refractivity contribution in [3.8, 4) is 0 Å². The van der Waals surface area contributed by atoms with Gasteiger partial charge in [-0.05, 0) is 43.9 Å². The summed E-state index contributed by atoms with van der Waals surface area (Å²) in [4.78, 5) is 14.2. The molecule has 1 atom stereocenters. The molecule has 0 bridgehead atoms. The van der Waals surface area contributed by atoms with Crippen LogP contribution in [0, 0.1) is 12.8 Å². The van der Waals surface area contributed by atoms with Gasteiger partial charge in [-0.15, -0.1) is 0 Å². The molecule has 1 saturated heterocycles. The standard InChI is InChI=1S/C16H24N2O/c1-11(2)13(4)17-15-8-5-7-14(12(15)3)16(19)18-9-6-10-18/h5,7-8,11,13,17H,6,9-10H2,1-4H3/t13-/m1/s1. The Kier molecular flexibility index (Phi) is 4.13. The lowest BCUT2D eigenvalue weighted by Crippen LogP contribution is -2.42. The van der Waals surface area contributed by atoms with Crippen molar-refractivity contribution < 1.29 is 4.79 Å². The van der Waals surface area contributed by atoms with Gasteiger partial charge in [0.05, 0.1) is 0 Å². The maximum Gasteiger partial charge on any atom is 0.254 e. The second-order valence-electron chi connectivity index (χ2n) is 5.80. The van der Waals surface area contributed by atoms with Crippen LogP contribution in [0.2, 0.25) is 0 Å². The first-order valence-corrected chi connectivity index (χ1v) is 7.16. The highest BCUT2D eigenvalue weighted by molar-refractivity contribution is 5.97. The smallest absolute Gasteiger partial charge is 0.254 e. The van der Waals surface area contributed by atoms with Crippen LogP contribution in [0.1, 0.15) is 43.1 Å². The first-order valence-electron chi connectivity index (χ1n) is 7.16. The van der Waals surface area contributed by atoms with Crippen LogP contribution < -0.4 is 5.32 Å². The van der Waals surface area contributed by atoms with Crippen LogP contribution in [0.3, 0.4) is 0 Å². The zero-order valence-corrected chi connectivity index (χ0v) is 12.4. The van der Waals surface area contributed by atoms with Crippen LogP contribution in [0.15, 0.2) is 18.2 Å². The molecule has 0 spiro atoms. The quantitative estimate of drug-likeness (QED) is 0.901. The number of hydrogen-bond donors (Lipinski definition) is 1. The van der Waals surface area contributed by atoms with Gasteiger partial charge in [-0.25, -0.2) is 0 Å². The molecule has 2 rings (SSSR count). The van der Waals surface area contributed by atoms with Crippen LogP contribution in [0.5, 0.6) is 0 Å². The summed E-state index contributed by atoms with van der Waals surface area (Å²) in [5.41, 5.74) is 2.97. The summed E-state index contributed by atoms with van der Waals surface area (Å²) in [5, 5.41) is 3.51. The number of hydrogen-bond acceptors (Lipinski definition) is 2. The minimum Gasteiger partial charge on any atom is -0.382 e. The van der Waals surface area contributed by atoms with Gasteiger partial charge in [0, 0.05) is 30.4 Å². The molecule has 1 N–H and O–H groups in total. The summed E-state index contributed by atoms with van der Waals surface area (Å²) in [7, 11) is 0. The van der Waals surface area contributed by atoms with E-state index in [1.165, 1.54) is 0 Å². The summed E-state index contributed by atoms with van der Waals surface area (Å²) in [6.45, 7) is 10.4. The van der Waals surface area contributed by atoms with E-state index in [4.69, 9.17) is 0 Å². The number of likely N-dealkylation sites (tertiary alicyclic amines) is 1. The molecule has 1 aliphatic rings. The number of carbonyl (C=O) groups is 1. The van der Waals surface area contributed by atoms with E-state index in [9.17, 15) is 4.79 Å². The zero-order chi connectivity index (χ0) is 14.0. The molecule has 0 aromatic heterocycles. The molecule has 0 aliphatic carbocycles. The Bertz CT molecular complexity index is 464. The number of nitrogens with zero attached hydrogens (tertiary/aromatic N) is 1. The van der Waals surface area contributed by atoms with Crippen molar-refractivity contribution in [2.45, 2.75) is 40.2 Å². The largest absolute Gasteiger partial charge is 0.382 e. The number of amides is 1. The van der Waals surface area contributed by atoms with Crippen molar-refractivity contribution in [2.24, 2.45) is 5.92 Å². The van der Waals surface area contributed by atoms with Crippen molar-refractivity contribution in [1.29, 1.82) is 0 Å². The second kappa shape index (κ2) is 5.64. The summed E-state index contributed by atoms with van der Waals surface area (Å²) in [6, 6.07) is 6.35. The normalized spacial score (nSPS) is 16.2. The second-order valence-corrected chi connectivity index (χ2v) is 5.80. The topological polar surface area (TPSA) is 32.3 Å². The van der Waals surface area contributed by atoms with E-state index in [2.05, 4.69) is 32.2 Å². The summed E-state index contributed by atoms with van der Waals surface area (Å²) in [5.74, 6) is 0.735. The molecule has 1 aromatic carbocycles. The molecule has 1 aliphatic heterocycles. The zero-order valence-electron chi connectivity index (χ0n) is 12.4. The van der Waals surface area contributed by atoms with Gasteiger partial charge < -0.3 is 10.2 Å². The molecule has 0 radical (unpaired) electrons. The minimum absolute atomic E-state index is 0.171. The lowest BCUT2D eigenvalue weighted by molar-refractivity contribution is 0.0651. The summed E-state index contributed by atoms with van der Waals surface area (Å²) >= 11 is 0. The third kappa shape index (κ3) is 2.91. The Balaban J connectivity index is 2.19.